The minimum atomic E-state index is -0.781. The van der Waals surface area contributed by atoms with E-state index >= 15 is 0 Å². The van der Waals surface area contributed by atoms with Crippen molar-refractivity contribution in [2.45, 2.75) is 19.4 Å². The Hall–Kier alpha value is -2.91. The third-order valence-electron chi connectivity index (χ3n) is 4.32. The Morgan fingerprint density at radius 3 is 2.63 bits per heavy atom. The van der Waals surface area contributed by atoms with Crippen LogP contribution in [-0.2, 0) is 14.4 Å². The molecule has 2 fully saturated rings. The molecular weight excluding hydrogens is 362 g/mol. The summed E-state index contributed by atoms with van der Waals surface area (Å²) in [5.41, 5.74) is 0.572. The fraction of sp³-hybridized carbons (Fsp3) is 0.471. The molecule has 0 unspecified atom stereocenters. The smallest absolute Gasteiger partial charge is 0.414 e. The molecule has 146 valence electrons. The Balaban J connectivity index is 1.70. The summed E-state index contributed by atoms with van der Waals surface area (Å²) in [6.45, 7) is 2.48. The minimum absolute atomic E-state index is 0.0642. The van der Waals surface area contributed by atoms with Gasteiger partial charge in [-0.3, -0.25) is 9.69 Å². The van der Waals surface area contributed by atoms with Gasteiger partial charge in [-0.25, -0.2) is 13.6 Å². The zero-order chi connectivity index (χ0) is 19.6. The topological polar surface area (TPSA) is 83.5 Å². The lowest BCUT2D eigenvalue weighted by Crippen LogP contribution is -2.48. The second-order valence-corrected chi connectivity index (χ2v) is 6.23. The molecule has 0 bridgehead atoms. The van der Waals surface area contributed by atoms with Crippen LogP contribution in [0.1, 0.15) is 13.3 Å². The van der Waals surface area contributed by atoms with E-state index in [2.05, 4.69) is 15.3 Å². The maximum absolute atomic E-state index is 14.5. The van der Waals surface area contributed by atoms with E-state index in [1.165, 1.54) is 12.0 Å². The molecule has 8 nitrogen and oxygen atoms in total. The SMILES string of the molecule is CCC(=O)NC[C@H]1CN(c2cc(F)c(N3CC(=NOC)C3)c(F)c2)C(=O)O1. The molecule has 2 aliphatic rings. The molecular formula is C17H20F2N4O4. The standard InChI is InChI=1S/C17H20F2N4O4/c1-3-15(24)20-6-12-9-23(17(25)27-12)11-4-13(18)16(14(19)5-11)22-7-10(8-22)21-26-2/h4-5,12H,3,6-9H2,1-2H3,(H,20,24)/t12-/m0/s1. The number of cyclic esters (lactones) is 1. The average molecular weight is 382 g/mol. The van der Waals surface area contributed by atoms with Crippen LogP contribution < -0.4 is 15.1 Å². The fourth-order valence-corrected chi connectivity index (χ4v) is 2.94. The highest BCUT2D eigenvalue weighted by Gasteiger charge is 2.34. The number of carbonyl (C=O) groups excluding carboxylic acids is 2. The molecule has 1 aromatic rings. The summed E-state index contributed by atoms with van der Waals surface area (Å²) in [4.78, 5) is 30.6. The van der Waals surface area contributed by atoms with Gasteiger partial charge in [0.15, 0.2) is 11.6 Å². The summed E-state index contributed by atoms with van der Waals surface area (Å²) in [5.74, 6) is -1.73. The molecule has 0 saturated carbocycles. The largest absolute Gasteiger partial charge is 0.442 e. The predicted molar refractivity (Wildman–Crippen MR) is 93.9 cm³/mol. The van der Waals surface area contributed by atoms with Crippen molar-refractivity contribution in [3.05, 3.63) is 23.8 Å². The minimum Gasteiger partial charge on any atom is -0.442 e. The quantitative estimate of drug-likeness (QED) is 0.757. The van der Waals surface area contributed by atoms with Crippen LogP contribution in [0.4, 0.5) is 25.0 Å². The molecule has 2 amide bonds. The van der Waals surface area contributed by atoms with Gasteiger partial charge >= 0.3 is 6.09 Å². The lowest BCUT2D eigenvalue weighted by Gasteiger charge is -2.34. The first-order chi connectivity index (χ1) is 12.9. The Labute approximate surface area is 154 Å². The van der Waals surface area contributed by atoms with Crippen LogP contribution in [0.15, 0.2) is 17.3 Å². The number of benzene rings is 1. The molecule has 2 heterocycles. The summed E-state index contributed by atoms with van der Waals surface area (Å²) >= 11 is 0. The third kappa shape index (κ3) is 3.93. The van der Waals surface area contributed by atoms with Crippen LogP contribution in [0.5, 0.6) is 0 Å². The molecule has 0 radical (unpaired) electrons. The molecule has 1 aromatic carbocycles. The maximum Gasteiger partial charge on any atom is 0.414 e. The van der Waals surface area contributed by atoms with Gasteiger partial charge in [0, 0.05) is 18.6 Å². The first-order valence-electron chi connectivity index (χ1n) is 8.50. The van der Waals surface area contributed by atoms with Gasteiger partial charge in [0.25, 0.3) is 0 Å². The summed E-state index contributed by atoms with van der Waals surface area (Å²) in [6.07, 6.45) is -0.979. The molecule has 27 heavy (non-hydrogen) atoms. The van der Waals surface area contributed by atoms with Crippen LogP contribution in [-0.4, -0.2) is 57.1 Å². The normalized spacial score (nSPS) is 18.9. The third-order valence-corrected chi connectivity index (χ3v) is 4.32. The molecule has 1 N–H and O–H groups in total. The van der Waals surface area contributed by atoms with Gasteiger partial charge in [-0.05, 0) is 0 Å². The molecule has 0 spiro atoms. The van der Waals surface area contributed by atoms with E-state index in [0.29, 0.717) is 12.1 Å². The van der Waals surface area contributed by atoms with Crippen molar-refractivity contribution in [3.8, 4) is 0 Å². The van der Waals surface area contributed by atoms with E-state index in [1.807, 2.05) is 0 Å². The second-order valence-electron chi connectivity index (χ2n) is 6.23. The number of nitrogens with zero attached hydrogens (tertiary/aromatic N) is 3. The van der Waals surface area contributed by atoms with E-state index in [9.17, 15) is 18.4 Å². The number of rotatable bonds is 6. The van der Waals surface area contributed by atoms with Crippen molar-refractivity contribution < 1.29 is 27.9 Å². The van der Waals surface area contributed by atoms with Crippen LogP contribution in [0.2, 0.25) is 0 Å². The predicted octanol–water partition coefficient (Wildman–Crippen LogP) is 1.64. The summed E-state index contributed by atoms with van der Waals surface area (Å²) in [5, 5.41) is 6.35. The van der Waals surface area contributed by atoms with Crippen molar-refractivity contribution in [1.29, 1.82) is 0 Å². The number of hydrogen-bond donors (Lipinski definition) is 1. The van der Waals surface area contributed by atoms with E-state index < -0.39 is 23.8 Å². The molecule has 0 aliphatic carbocycles. The van der Waals surface area contributed by atoms with E-state index in [0.717, 1.165) is 17.0 Å². The van der Waals surface area contributed by atoms with Crippen molar-refractivity contribution >= 4 is 29.1 Å². The fourth-order valence-electron chi connectivity index (χ4n) is 2.94. The zero-order valence-corrected chi connectivity index (χ0v) is 15.0. The van der Waals surface area contributed by atoms with E-state index in [1.54, 1.807) is 6.92 Å². The maximum atomic E-state index is 14.5. The molecule has 0 aromatic heterocycles. The summed E-state index contributed by atoms with van der Waals surface area (Å²) in [6, 6.07) is 2.19. The Bertz CT molecular complexity index is 755. The van der Waals surface area contributed by atoms with Crippen molar-refractivity contribution in [1.82, 2.24) is 5.32 Å². The number of hydrogen-bond acceptors (Lipinski definition) is 6. The molecule has 2 aliphatic heterocycles. The lowest BCUT2D eigenvalue weighted by atomic mass is 10.1. The summed E-state index contributed by atoms with van der Waals surface area (Å²) < 4.78 is 34.1. The Morgan fingerprint density at radius 2 is 2.04 bits per heavy atom. The van der Waals surface area contributed by atoms with Crippen LogP contribution in [0, 0.1) is 11.6 Å². The number of halogens is 2. The highest BCUT2D eigenvalue weighted by Crippen LogP contribution is 2.32. The van der Waals surface area contributed by atoms with E-state index in [4.69, 9.17) is 4.74 Å². The Kier molecular flexibility index (Phi) is 5.43. The van der Waals surface area contributed by atoms with Gasteiger partial charge in [-0.2, -0.15) is 0 Å². The average Bonchev–Trinajstić information content (AvgIpc) is 2.97. The second kappa shape index (κ2) is 7.77. The van der Waals surface area contributed by atoms with Gasteiger partial charge in [-0.1, -0.05) is 12.1 Å². The van der Waals surface area contributed by atoms with Crippen LogP contribution >= 0.6 is 0 Å². The van der Waals surface area contributed by atoms with Gasteiger partial charge in [0.05, 0.1) is 37.6 Å². The molecule has 2 saturated heterocycles. The number of anilines is 2. The number of oxime groups is 1. The Morgan fingerprint density at radius 1 is 1.37 bits per heavy atom. The summed E-state index contributed by atoms with van der Waals surface area (Å²) in [7, 11) is 1.40. The monoisotopic (exact) mass is 382 g/mol. The first-order valence-corrected chi connectivity index (χ1v) is 8.50. The number of ether oxygens (including phenoxy) is 1. The van der Waals surface area contributed by atoms with Crippen LogP contribution in [0.25, 0.3) is 0 Å². The zero-order valence-electron chi connectivity index (χ0n) is 15.0. The number of amides is 2. The highest BCUT2D eigenvalue weighted by atomic mass is 19.1. The first kappa shape index (κ1) is 18.9. The van der Waals surface area contributed by atoms with Gasteiger partial charge in [0.2, 0.25) is 5.91 Å². The molecule has 3 rings (SSSR count). The van der Waals surface area contributed by atoms with Crippen molar-refractivity contribution in [3.63, 3.8) is 0 Å². The van der Waals surface area contributed by atoms with Crippen molar-refractivity contribution in [2.75, 3.05) is 43.1 Å². The lowest BCUT2D eigenvalue weighted by molar-refractivity contribution is -0.121. The van der Waals surface area contributed by atoms with Gasteiger partial charge < -0.3 is 19.8 Å². The molecule has 1 atom stereocenters. The van der Waals surface area contributed by atoms with E-state index in [-0.39, 0.29) is 43.5 Å². The molecule has 10 heteroatoms. The van der Waals surface area contributed by atoms with Crippen LogP contribution in [0.3, 0.4) is 0 Å². The number of nitrogens with one attached hydrogen (secondary N) is 1. The number of carbonyl (C=O) groups is 2. The highest BCUT2D eigenvalue weighted by molar-refractivity contribution is 5.99. The van der Waals surface area contributed by atoms with Gasteiger partial charge in [-0.15, -0.1) is 0 Å². The van der Waals surface area contributed by atoms with Crippen molar-refractivity contribution in [2.24, 2.45) is 5.16 Å². The van der Waals surface area contributed by atoms with Gasteiger partial charge in [0.1, 0.15) is 18.9 Å².